The number of carboxylic acids is 1. The van der Waals surface area contributed by atoms with Crippen molar-refractivity contribution in [3.05, 3.63) is 29.6 Å². The number of urea groups is 1. The number of hydrogen-bond donors (Lipinski definition) is 3. The Balaban J connectivity index is 2.47. The molecule has 7 heteroatoms. The third-order valence-corrected chi connectivity index (χ3v) is 2.78. The minimum absolute atomic E-state index is 0.0618. The highest BCUT2D eigenvalue weighted by Crippen LogP contribution is 2.17. The molecule has 1 aromatic carbocycles. The smallest absolute Gasteiger partial charge is 0.337 e. The van der Waals surface area contributed by atoms with Gasteiger partial charge in [-0.05, 0) is 51.7 Å². The molecule has 0 aromatic heterocycles. The zero-order chi connectivity index (χ0) is 15.8. The number of nitrogens with zero attached hydrogens (tertiary/aromatic N) is 1. The van der Waals surface area contributed by atoms with Gasteiger partial charge in [0.2, 0.25) is 0 Å². The van der Waals surface area contributed by atoms with Crippen molar-refractivity contribution >= 4 is 17.7 Å². The first kappa shape index (κ1) is 16.9. The highest BCUT2D eigenvalue weighted by molar-refractivity contribution is 5.99. The summed E-state index contributed by atoms with van der Waals surface area (Å²) < 4.78 is 13.1. The van der Waals surface area contributed by atoms with E-state index in [-0.39, 0.29) is 11.3 Å². The monoisotopic (exact) mass is 297 g/mol. The molecular weight excluding hydrogens is 277 g/mol. The first-order valence-corrected chi connectivity index (χ1v) is 6.62. The third kappa shape index (κ3) is 6.22. The minimum Gasteiger partial charge on any atom is -0.478 e. The first-order chi connectivity index (χ1) is 9.90. The van der Waals surface area contributed by atoms with E-state index < -0.39 is 17.8 Å². The number of carboxylic acid groups (broad SMARTS) is 1. The topological polar surface area (TPSA) is 81.7 Å². The fourth-order valence-corrected chi connectivity index (χ4v) is 1.73. The zero-order valence-electron chi connectivity index (χ0n) is 12.1. The summed E-state index contributed by atoms with van der Waals surface area (Å²) in [7, 11) is 3.94. The van der Waals surface area contributed by atoms with Crippen molar-refractivity contribution < 1.29 is 19.1 Å². The lowest BCUT2D eigenvalue weighted by Crippen LogP contribution is -2.30. The van der Waals surface area contributed by atoms with Gasteiger partial charge in [-0.2, -0.15) is 0 Å². The predicted octanol–water partition coefficient (Wildman–Crippen LogP) is 1.99. The normalized spacial score (nSPS) is 10.5. The van der Waals surface area contributed by atoms with Gasteiger partial charge in [-0.15, -0.1) is 0 Å². The molecule has 0 aliphatic heterocycles. The van der Waals surface area contributed by atoms with Crippen LogP contribution in [0.1, 0.15) is 23.2 Å². The second-order valence-electron chi connectivity index (χ2n) is 4.89. The van der Waals surface area contributed by atoms with Crippen molar-refractivity contribution in [1.29, 1.82) is 0 Å². The van der Waals surface area contributed by atoms with Crippen LogP contribution in [-0.4, -0.2) is 49.2 Å². The fraction of sp³-hybridized carbons (Fsp3) is 0.429. The van der Waals surface area contributed by atoms with Crippen molar-refractivity contribution in [3.63, 3.8) is 0 Å². The largest absolute Gasteiger partial charge is 0.478 e. The molecule has 21 heavy (non-hydrogen) atoms. The van der Waals surface area contributed by atoms with Gasteiger partial charge in [0.25, 0.3) is 0 Å². The van der Waals surface area contributed by atoms with Crippen LogP contribution >= 0.6 is 0 Å². The number of amides is 2. The number of hydrogen-bond acceptors (Lipinski definition) is 3. The summed E-state index contributed by atoms with van der Waals surface area (Å²) in [6.07, 6.45) is 1.74. The average molecular weight is 297 g/mol. The molecule has 0 aliphatic carbocycles. The van der Waals surface area contributed by atoms with E-state index in [0.29, 0.717) is 6.54 Å². The second kappa shape index (κ2) is 8.21. The van der Waals surface area contributed by atoms with Crippen LogP contribution in [0.25, 0.3) is 0 Å². The summed E-state index contributed by atoms with van der Waals surface area (Å²) in [5, 5.41) is 13.9. The van der Waals surface area contributed by atoms with E-state index in [1.807, 2.05) is 19.0 Å². The Labute approximate surface area is 122 Å². The van der Waals surface area contributed by atoms with Crippen LogP contribution in [0.2, 0.25) is 0 Å². The Morgan fingerprint density at radius 2 is 2.00 bits per heavy atom. The lowest BCUT2D eigenvalue weighted by Gasteiger charge is -2.11. The predicted molar refractivity (Wildman–Crippen MR) is 78.2 cm³/mol. The molecule has 0 saturated carbocycles. The Morgan fingerprint density at radius 1 is 1.29 bits per heavy atom. The molecule has 116 valence electrons. The van der Waals surface area contributed by atoms with Crippen LogP contribution < -0.4 is 10.6 Å². The fourth-order valence-electron chi connectivity index (χ4n) is 1.73. The van der Waals surface area contributed by atoms with Crippen LogP contribution in [0.4, 0.5) is 14.9 Å². The number of unbranched alkanes of at least 4 members (excludes halogenated alkanes) is 1. The van der Waals surface area contributed by atoms with Crippen molar-refractivity contribution in [2.45, 2.75) is 12.8 Å². The zero-order valence-corrected chi connectivity index (χ0v) is 12.1. The molecule has 0 heterocycles. The van der Waals surface area contributed by atoms with Gasteiger partial charge in [0, 0.05) is 6.54 Å². The Hall–Kier alpha value is -2.15. The molecule has 2 amide bonds. The van der Waals surface area contributed by atoms with E-state index in [1.54, 1.807) is 0 Å². The highest BCUT2D eigenvalue weighted by Gasteiger charge is 2.13. The molecule has 0 radical (unpaired) electrons. The molecule has 1 aromatic rings. The maximum absolute atomic E-state index is 13.1. The lowest BCUT2D eigenvalue weighted by molar-refractivity contribution is 0.0698. The first-order valence-electron chi connectivity index (χ1n) is 6.62. The summed E-state index contributed by atoms with van der Waals surface area (Å²) >= 11 is 0. The molecule has 0 unspecified atom stereocenters. The maximum atomic E-state index is 13.1. The second-order valence-corrected chi connectivity index (χ2v) is 4.89. The number of benzene rings is 1. The number of aromatic carboxylic acids is 1. The highest BCUT2D eigenvalue weighted by atomic mass is 19.1. The SMILES string of the molecule is CN(C)CCCCNC(=O)Nc1cc(F)ccc1C(=O)O. The van der Waals surface area contributed by atoms with Crippen LogP contribution in [0, 0.1) is 5.82 Å². The van der Waals surface area contributed by atoms with Gasteiger partial charge < -0.3 is 20.6 Å². The van der Waals surface area contributed by atoms with Crippen molar-refractivity contribution in [1.82, 2.24) is 10.2 Å². The summed E-state index contributed by atoms with van der Waals surface area (Å²) in [5.74, 6) is -1.84. The summed E-state index contributed by atoms with van der Waals surface area (Å²) in [4.78, 5) is 24.7. The van der Waals surface area contributed by atoms with Crippen molar-refractivity contribution in [2.75, 3.05) is 32.5 Å². The summed E-state index contributed by atoms with van der Waals surface area (Å²) in [5.41, 5.74) is -0.215. The number of carbonyl (C=O) groups is 2. The van der Waals surface area contributed by atoms with Crippen LogP contribution in [-0.2, 0) is 0 Å². The molecule has 0 saturated heterocycles. The number of halogens is 1. The third-order valence-electron chi connectivity index (χ3n) is 2.78. The van der Waals surface area contributed by atoms with Gasteiger partial charge >= 0.3 is 12.0 Å². The molecule has 3 N–H and O–H groups in total. The van der Waals surface area contributed by atoms with E-state index >= 15 is 0 Å². The molecule has 0 fully saturated rings. The number of anilines is 1. The van der Waals surface area contributed by atoms with Crippen LogP contribution in [0.3, 0.4) is 0 Å². The summed E-state index contributed by atoms with van der Waals surface area (Å²) in [6, 6.07) is 2.58. The number of nitrogens with one attached hydrogen (secondary N) is 2. The quantitative estimate of drug-likeness (QED) is 0.672. The van der Waals surface area contributed by atoms with Crippen LogP contribution in [0.15, 0.2) is 18.2 Å². The van der Waals surface area contributed by atoms with E-state index in [9.17, 15) is 14.0 Å². The maximum Gasteiger partial charge on any atom is 0.337 e. The molecule has 0 aliphatic rings. The Morgan fingerprint density at radius 3 is 2.62 bits per heavy atom. The van der Waals surface area contributed by atoms with Crippen molar-refractivity contribution in [2.24, 2.45) is 0 Å². The van der Waals surface area contributed by atoms with E-state index in [1.165, 1.54) is 0 Å². The Bertz CT molecular complexity index is 506. The van der Waals surface area contributed by atoms with Gasteiger partial charge in [0.1, 0.15) is 5.82 Å². The van der Waals surface area contributed by atoms with Gasteiger partial charge in [-0.3, -0.25) is 0 Å². The molecule has 0 bridgehead atoms. The molecule has 6 nitrogen and oxygen atoms in total. The van der Waals surface area contributed by atoms with Gasteiger partial charge in [0.15, 0.2) is 0 Å². The van der Waals surface area contributed by atoms with E-state index in [4.69, 9.17) is 5.11 Å². The standard InChI is InChI=1S/C14H20FN3O3/c1-18(2)8-4-3-7-16-14(21)17-12-9-10(15)5-6-11(12)13(19)20/h5-6,9H,3-4,7-8H2,1-2H3,(H,19,20)(H2,16,17,21). The molecule has 0 spiro atoms. The summed E-state index contributed by atoms with van der Waals surface area (Å²) in [6.45, 7) is 1.40. The minimum atomic E-state index is -1.23. The van der Waals surface area contributed by atoms with Gasteiger partial charge in [-0.1, -0.05) is 0 Å². The Kier molecular flexibility index (Phi) is 6.61. The molecule has 1 rings (SSSR count). The number of carbonyl (C=O) groups excluding carboxylic acids is 1. The molecule has 0 atom stereocenters. The van der Waals surface area contributed by atoms with Gasteiger partial charge in [-0.25, -0.2) is 14.0 Å². The average Bonchev–Trinajstić information content (AvgIpc) is 2.37. The van der Waals surface area contributed by atoms with E-state index in [2.05, 4.69) is 10.6 Å². The van der Waals surface area contributed by atoms with E-state index in [0.717, 1.165) is 37.6 Å². The van der Waals surface area contributed by atoms with Crippen LogP contribution in [0.5, 0.6) is 0 Å². The number of rotatable bonds is 7. The van der Waals surface area contributed by atoms with Gasteiger partial charge in [0.05, 0.1) is 11.3 Å². The lowest BCUT2D eigenvalue weighted by atomic mass is 10.2. The molecular formula is C14H20FN3O3. The van der Waals surface area contributed by atoms with Crippen molar-refractivity contribution in [3.8, 4) is 0 Å².